The van der Waals surface area contributed by atoms with Gasteiger partial charge in [-0.05, 0) is 26.0 Å². The molecule has 18 heavy (non-hydrogen) atoms. The van der Waals surface area contributed by atoms with Gasteiger partial charge in [0, 0.05) is 19.3 Å². The Bertz CT molecular complexity index is 559. The molecule has 2 rings (SSSR count). The van der Waals surface area contributed by atoms with Crippen molar-refractivity contribution in [2.24, 2.45) is 0 Å². The van der Waals surface area contributed by atoms with Gasteiger partial charge in [0.2, 0.25) is 11.9 Å². The van der Waals surface area contributed by atoms with Crippen LogP contribution in [0.25, 0.3) is 11.2 Å². The molecule has 0 spiro atoms. The molecule has 96 valence electrons. The molecule has 0 bridgehead atoms. The Morgan fingerprint density at radius 2 is 2.17 bits per heavy atom. The number of nitrogens with zero attached hydrogens (tertiary/aromatic N) is 4. The third kappa shape index (κ3) is 2.13. The van der Waals surface area contributed by atoms with Crippen LogP contribution in [-0.4, -0.2) is 38.4 Å². The molecule has 6 nitrogen and oxygen atoms in total. The predicted octanol–water partition coefficient (Wildman–Crippen LogP) is 0.882. The average molecular weight is 247 g/mol. The zero-order valence-electron chi connectivity index (χ0n) is 10.6. The van der Waals surface area contributed by atoms with Gasteiger partial charge in [-0.1, -0.05) is 0 Å². The van der Waals surface area contributed by atoms with E-state index < -0.39 is 0 Å². The van der Waals surface area contributed by atoms with Crippen LogP contribution in [0.5, 0.6) is 0 Å². The van der Waals surface area contributed by atoms with Crippen LogP contribution in [0.2, 0.25) is 0 Å². The Morgan fingerprint density at radius 1 is 1.44 bits per heavy atom. The van der Waals surface area contributed by atoms with Crippen LogP contribution in [0.15, 0.2) is 18.3 Å². The van der Waals surface area contributed by atoms with Crippen molar-refractivity contribution >= 4 is 23.0 Å². The van der Waals surface area contributed by atoms with E-state index in [0.717, 1.165) is 0 Å². The van der Waals surface area contributed by atoms with Crippen LogP contribution < -0.4 is 5.73 Å². The average Bonchev–Trinajstić information content (AvgIpc) is 2.68. The lowest BCUT2D eigenvalue weighted by molar-refractivity contribution is -0.131. The van der Waals surface area contributed by atoms with Crippen molar-refractivity contribution < 1.29 is 4.79 Å². The minimum Gasteiger partial charge on any atom is -0.369 e. The van der Waals surface area contributed by atoms with Crippen LogP contribution in [0.3, 0.4) is 0 Å². The first kappa shape index (κ1) is 12.3. The van der Waals surface area contributed by atoms with E-state index in [9.17, 15) is 4.79 Å². The summed E-state index contributed by atoms with van der Waals surface area (Å²) in [4.78, 5) is 22.2. The third-order valence-corrected chi connectivity index (χ3v) is 2.94. The summed E-state index contributed by atoms with van der Waals surface area (Å²) in [6.45, 7) is 5.47. The number of pyridine rings is 1. The number of fused-ring (bicyclic) bond motifs is 1. The van der Waals surface area contributed by atoms with Crippen LogP contribution in [0.4, 0.5) is 5.95 Å². The first-order chi connectivity index (χ1) is 8.67. The quantitative estimate of drug-likeness (QED) is 0.870. The Labute approximate surface area is 105 Å². The van der Waals surface area contributed by atoms with E-state index in [2.05, 4.69) is 9.97 Å². The molecular formula is C12H17N5O. The second kappa shape index (κ2) is 5.03. The van der Waals surface area contributed by atoms with E-state index in [1.807, 2.05) is 19.9 Å². The van der Waals surface area contributed by atoms with Crippen LogP contribution in [-0.2, 0) is 11.3 Å². The summed E-state index contributed by atoms with van der Waals surface area (Å²) in [5.41, 5.74) is 7.18. The number of anilines is 1. The zero-order valence-corrected chi connectivity index (χ0v) is 10.6. The number of aromatic nitrogens is 3. The van der Waals surface area contributed by atoms with Gasteiger partial charge >= 0.3 is 0 Å². The number of hydrogen-bond donors (Lipinski definition) is 1. The number of likely N-dealkylation sites (N-methyl/N-ethyl adjacent to an activating group) is 1. The number of amides is 1. The molecule has 2 heterocycles. The van der Waals surface area contributed by atoms with Crippen molar-refractivity contribution in [1.29, 1.82) is 0 Å². The van der Waals surface area contributed by atoms with Crippen LogP contribution >= 0.6 is 0 Å². The largest absolute Gasteiger partial charge is 0.369 e. The van der Waals surface area contributed by atoms with Gasteiger partial charge in [-0.15, -0.1) is 0 Å². The standard InChI is InChI=1S/C12H17N5O/c1-3-16(4-2)10(18)8-17-11-9(15-12(17)13)6-5-7-14-11/h5-7H,3-4,8H2,1-2H3,(H2,13,15). The smallest absolute Gasteiger partial charge is 0.242 e. The summed E-state index contributed by atoms with van der Waals surface area (Å²) in [7, 11) is 0. The van der Waals surface area contributed by atoms with Gasteiger partial charge in [0.15, 0.2) is 5.65 Å². The fourth-order valence-corrected chi connectivity index (χ4v) is 1.94. The van der Waals surface area contributed by atoms with E-state index in [-0.39, 0.29) is 12.5 Å². The summed E-state index contributed by atoms with van der Waals surface area (Å²) in [6, 6.07) is 3.63. The topological polar surface area (TPSA) is 77.0 Å². The predicted molar refractivity (Wildman–Crippen MR) is 69.9 cm³/mol. The van der Waals surface area contributed by atoms with Crippen LogP contribution in [0, 0.1) is 0 Å². The highest BCUT2D eigenvalue weighted by Gasteiger charge is 2.15. The summed E-state index contributed by atoms with van der Waals surface area (Å²) in [5, 5.41) is 0. The molecule has 0 aromatic carbocycles. The fourth-order valence-electron chi connectivity index (χ4n) is 1.94. The number of nitrogen functional groups attached to an aromatic ring is 1. The van der Waals surface area contributed by atoms with Crippen molar-refractivity contribution in [2.75, 3.05) is 18.8 Å². The van der Waals surface area contributed by atoms with Crippen molar-refractivity contribution in [3.05, 3.63) is 18.3 Å². The Balaban J connectivity index is 2.31. The molecule has 1 amide bonds. The molecule has 0 aliphatic carbocycles. The molecule has 0 radical (unpaired) electrons. The van der Waals surface area contributed by atoms with Crippen molar-refractivity contribution in [3.8, 4) is 0 Å². The lowest BCUT2D eigenvalue weighted by Gasteiger charge is -2.19. The summed E-state index contributed by atoms with van der Waals surface area (Å²) in [6.07, 6.45) is 1.67. The molecule has 0 aliphatic heterocycles. The van der Waals surface area contributed by atoms with E-state index in [4.69, 9.17) is 5.73 Å². The number of carbonyl (C=O) groups excluding carboxylic acids is 1. The number of hydrogen-bond acceptors (Lipinski definition) is 4. The maximum absolute atomic E-state index is 12.1. The molecule has 6 heteroatoms. The monoisotopic (exact) mass is 247 g/mol. The van der Waals surface area contributed by atoms with E-state index in [0.29, 0.717) is 30.2 Å². The summed E-state index contributed by atoms with van der Waals surface area (Å²) in [5.74, 6) is 0.348. The maximum atomic E-state index is 12.1. The molecule has 0 saturated heterocycles. The fraction of sp³-hybridized carbons (Fsp3) is 0.417. The van der Waals surface area contributed by atoms with Gasteiger partial charge in [-0.25, -0.2) is 9.97 Å². The molecule has 0 saturated carbocycles. The van der Waals surface area contributed by atoms with Crippen molar-refractivity contribution in [2.45, 2.75) is 20.4 Å². The second-order valence-corrected chi connectivity index (χ2v) is 3.97. The molecule has 0 fully saturated rings. The number of rotatable bonds is 4. The lowest BCUT2D eigenvalue weighted by Crippen LogP contribution is -2.33. The van der Waals surface area contributed by atoms with Gasteiger partial charge in [0.1, 0.15) is 12.1 Å². The highest BCUT2D eigenvalue weighted by Crippen LogP contribution is 2.14. The summed E-state index contributed by atoms with van der Waals surface area (Å²) < 4.78 is 1.65. The SMILES string of the molecule is CCN(CC)C(=O)Cn1c(N)nc2cccnc21. The highest BCUT2D eigenvalue weighted by atomic mass is 16.2. The van der Waals surface area contributed by atoms with Gasteiger partial charge < -0.3 is 10.6 Å². The Morgan fingerprint density at radius 3 is 2.83 bits per heavy atom. The normalized spacial score (nSPS) is 10.8. The molecular weight excluding hydrogens is 230 g/mol. The first-order valence-corrected chi connectivity index (χ1v) is 6.01. The number of carbonyl (C=O) groups is 1. The molecule has 0 unspecified atom stereocenters. The number of imidazole rings is 1. The third-order valence-electron chi connectivity index (χ3n) is 2.94. The molecule has 2 aromatic heterocycles. The second-order valence-electron chi connectivity index (χ2n) is 3.97. The van der Waals surface area contributed by atoms with E-state index in [1.54, 1.807) is 21.7 Å². The first-order valence-electron chi connectivity index (χ1n) is 6.01. The van der Waals surface area contributed by atoms with Gasteiger partial charge in [0.05, 0.1) is 0 Å². The van der Waals surface area contributed by atoms with Crippen molar-refractivity contribution in [3.63, 3.8) is 0 Å². The number of nitrogens with two attached hydrogens (primary N) is 1. The maximum Gasteiger partial charge on any atom is 0.242 e. The van der Waals surface area contributed by atoms with Gasteiger partial charge in [0.25, 0.3) is 0 Å². The Hall–Kier alpha value is -2.11. The summed E-state index contributed by atoms with van der Waals surface area (Å²) >= 11 is 0. The van der Waals surface area contributed by atoms with Crippen molar-refractivity contribution in [1.82, 2.24) is 19.4 Å². The van der Waals surface area contributed by atoms with Gasteiger partial charge in [-0.3, -0.25) is 9.36 Å². The van der Waals surface area contributed by atoms with E-state index in [1.165, 1.54) is 0 Å². The zero-order chi connectivity index (χ0) is 13.1. The van der Waals surface area contributed by atoms with E-state index >= 15 is 0 Å². The minimum atomic E-state index is 0.0247. The molecule has 0 atom stereocenters. The molecule has 0 aliphatic rings. The van der Waals surface area contributed by atoms with Crippen LogP contribution in [0.1, 0.15) is 13.8 Å². The highest BCUT2D eigenvalue weighted by molar-refractivity contribution is 5.80. The Kier molecular flexibility index (Phi) is 3.45. The van der Waals surface area contributed by atoms with Gasteiger partial charge in [-0.2, -0.15) is 0 Å². The molecule has 2 N–H and O–H groups in total. The lowest BCUT2D eigenvalue weighted by atomic mass is 10.4. The molecule has 2 aromatic rings. The minimum absolute atomic E-state index is 0.0247.